The maximum absolute atomic E-state index is 13.5. The number of hydrogen-bond acceptors (Lipinski definition) is 10. The zero-order chi connectivity index (χ0) is 31.1. The van der Waals surface area contributed by atoms with Gasteiger partial charge in [-0.1, -0.05) is 0 Å². The van der Waals surface area contributed by atoms with Crippen molar-refractivity contribution in [1.82, 2.24) is 14.9 Å². The molecule has 0 saturated carbocycles. The van der Waals surface area contributed by atoms with Crippen molar-refractivity contribution >= 4 is 35.9 Å². The monoisotopic (exact) mass is 578 g/mol. The zero-order valence-electron chi connectivity index (χ0n) is 26.5. The number of carbonyl (C=O) groups is 3. The molecule has 13 heteroatoms. The van der Waals surface area contributed by atoms with Gasteiger partial charge in [0.25, 0.3) is 0 Å². The Balaban J connectivity index is 2.03. The molecule has 41 heavy (non-hydrogen) atoms. The third-order valence-electron chi connectivity index (χ3n) is 6.10. The van der Waals surface area contributed by atoms with Gasteiger partial charge in [0.1, 0.15) is 23.4 Å². The van der Waals surface area contributed by atoms with E-state index in [-0.39, 0.29) is 30.2 Å². The van der Waals surface area contributed by atoms with Crippen LogP contribution < -0.4 is 19.9 Å². The average Bonchev–Trinajstić information content (AvgIpc) is 3.23. The van der Waals surface area contributed by atoms with Crippen LogP contribution in [0.3, 0.4) is 0 Å². The third-order valence-corrected chi connectivity index (χ3v) is 6.10. The highest BCUT2D eigenvalue weighted by molar-refractivity contribution is 5.93. The van der Waals surface area contributed by atoms with E-state index in [4.69, 9.17) is 18.9 Å². The fraction of sp³-hybridized carbons (Fsp3) is 0.750. The van der Waals surface area contributed by atoms with Gasteiger partial charge in [-0.2, -0.15) is 9.97 Å². The highest BCUT2D eigenvalue weighted by atomic mass is 16.6. The van der Waals surface area contributed by atoms with E-state index < -0.39 is 40.6 Å². The lowest BCUT2D eigenvalue weighted by Gasteiger charge is -2.42. The number of rotatable bonds is 3. The molecule has 0 aliphatic carbocycles. The van der Waals surface area contributed by atoms with Gasteiger partial charge in [-0.3, -0.25) is 5.32 Å². The summed E-state index contributed by atoms with van der Waals surface area (Å²) in [6.07, 6.45) is -1.13. The van der Waals surface area contributed by atoms with Crippen LogP contribution in [0.5, 0.6) is 5.75 Å². The van der Waals surface area contributed by atoms with Crippen LogP contribution in [0.15, 0.2) is 0 Å². The fourth-order valence-electron chi connectivity index (χ4n) is 4.35. The van der Waals surface area contributed by atoms with Crippen molar-refractivity contribution in [3.8, 4) is 5.75 Å². The molecule has 0 radical (unpaired) electrons. The molecule has 3 rings (SSSR count). The van der Waals surface area contributed by atoms with Crippen LogP contribution in [-0.4, -0.2) is 88.3 Å². The van der Waals surface area contributed by atoms with Gasteiger partial charge in [0.15, 0.2) is 11.6 Å². The highest BCUT2D eigenvalue weighted by Gasteiger charge is 2.45. The van der Waals surface area contributed by atoms with Gasteiger partial charge in [-0.05, 0) is 82.6 Å². The quantitative estimate of drug-likeness (QED) is 0.478. The Hall–Kier alpha value is -3.51. The summed E-state index contributed by atoms with van der Waals surface area (Å²) in [5.74, 6) is 0.762. The first-order valence-electron chi connectivity index (χ1n) is 13.9. The average molecular weight is 579 g/mol. The SMILES string of the molecule is CN(C(=O)OC(C)(C)C)[C@@H]1CCN(c2nc(NC(=O)OC(C)(C)C)nc3c2OCC(C)(C)N3C(=O)OC(C)(C)C)C1. The number of fused-ring (bicyclic) bond motifs is 1. The van der Waals surface area contributed by atoms with Gasteiger partial charge in [0.2, 0.25) is 11.7 Å². The molecule has 0 spiro atoms. The second kappa shape index (κ2) is 11.1. The van der Waals surface area contributed by atoms with Crippen molar-refractivity contribution in [3.05, 3.63) is 0 Å². The Morgan fingerprint density at radius 1 is 0.927 bits per heavy atom. The first-order chi connectivity index (χ1) is 18.6. The van der Waals surface area contributed by atoms with E-state index in [0.29, 0.717) is 25.3 Å². The molecule has 1 atom stereocenters. The molecule has 1 aromatic rings. The number of aromatic nitrogens is 2. The lowest BCUT2D eigenvalue weighted by Crippen LogP contribution is -2.56. The Labute approximate surface area is 242 Å². The van der Waals surface area contributed by atoms with Gasteiger partial charge >= 0.3 is 18.3 Å². The molecule has 0 unspecified atom stereocenters. The van der Waals surface area contributed by atoms with Crippen LogP contribution >= 0.6 is 0 Å². The van der Waals surface area contributed by atoms with E-state index in [1.165, 1.54) is 4.90 Å². The summed E-state index contributed by atoms with van der Waals surface area (Å²) in [7, 11) is 1.70. The minimum atomic E-state index is -0.825. The topological polar surface area (TPSA) is 136 Å². The summed E-state index contributed by atoms with van der Waals surface area (Å²) < 4.78 is 22.9. The number of likely N-dealkylation sites (N-methyl/N-ethyl adjacent to an activating group) is 1. The minimum Gasteiger partial charge on any atom is -0.484 e. The highest BCUT2D eigenvalue weighted by Crippen LogP contribution is 2.44. The summed E-state index contributed by atoms with van der Waals surface area (Å²) >= 11 is 0. The number of ether oxygens (including phenoxy) is 4. The molecule has 1 fully saturated rings. The zero-order valence-corrected chi connectivity index (χ0v) is 26.5. The molecule has 0 bridgehead atoms. The molecule has 2 aliphatic heterocycles. The molecule has 2 aliphatic rings. The number of carbonyl (C=O) groups excluding carboxylic acids is 3. The summed E-state index contributed by atoms with van der Waals surface area (Å²) in [5, 5.41) is 2.60. The van der Waals surface area contributed by atoms with Crippen LogP contribution in [0.25, 0.3) is 0 Å². The van der Waals surface area contributed by atoms with Crippen LogP contribution in [0, 0.1) is 0 Å². The molecule has 13 nitrogen and oxygen atoms in total. The Bertz CT molecular complexity index is 1170. The Kier molecular flexibility index (Phi) is 8.63. The van der Waals surface area contributed by atoms with E-state index >= 15 is 0 Å². The largest absolute Gasteiger partial charge is 0.484 e. The van der Waals surface area contributed by atoms with Crippen LogP contribution in [0.4, 0.5) is 32.0 Å². The number of nitrogens with zero attached hydrogens (tertiary/aromatic N) is 5. The maximum atomic E-state index is 13.5. The first kappa shape index (κ1) is 32.0. The van der Waals surface area contributed by atoms with Crippen molar-refractivity contribution in [2.24, 2.45) is 0 Å². The Morgan fingerprint density at radius 2 is 1.49 bits per heavy atom. The third kappa shape index (κ3) is 8.26. The van der Waals surface area contributed by atoms with Gasteiger partial charge in [0, 0.05) is 20.1 Å². The minimum absolute atomic E-state index is 0.0631. The number of anilines is 3. The van der Waals surface area contributed by atoms with E-state index in [0.717, 1.165) is 0 Å². The molecule has 1 aromatic heterocycles. The van der Waals surface area contributed by atoms with Gasteiger partial charge in [0.05, 0.1) is 11.6 Å². The number of amides is 3. The normalized spacial score (nSPS) is 18.7. The second-order valence-corrected chi connectivity index (χ2v) is 14.0. The molecular formula is C28H46N6O7. The van der Waals surface area contributed by atoms with Crippen molar-refractivity contribution < 1.29 is 33.3 Å². The summed E-state index contributed by atoms with van der Waals surface area (Å²) in [6.45, 7) is 20.8. The van der Waals surface area contributed by atoms with E-state index in [9.17, 15) is 14.4 Å². The second-order valence-electron chi connectivity index (χ2n) is 14.0. The molecule has 230 valence electrons. The van der Waals surface area contributed by atoms with Crippen molar-refractivity contribution in [3.63, 3.8) is 0 Å². The lowest BCUT2D eigenvalue weighted by atomic mass is 10.0. The molecule has 0 aromatic carbocycles. The lowest BCUT2D eigenvalue weighted by molar-refractivity contribution is 0.0237. The van der Waals surface area contributed by atoms with Crippen LogP contribution in [0.2, 0.25) is 0 Å². The van der Waals surface area contributed by atoms with Crippen molar-refractivity contribution in [1.29, 1.82) is 0 Å². The molecular weight excluding hydrogens is 532 g/mol. The van der Waals surface area contributed by atoms with E-state index in [2.05, 4.69) is 15.3 Å². The maximum Gasteiger partial charge on any atom is 0.416 e. The number of nitrogens with one attached hydrogen (secondary N) is 1. The molecule has 3 amide bonds. The van der Waals surface area contributed by atoms with Crippen LogP contribution in [-0.2, 0) is 14.2 Å². The fourth-order valence-corrected chi connectivity index (χ4v) is 4.35. The smallest absolute Gasteiger partial charge is 0.416 e. The summed E-state index contributed by atoms with van der Waals surface area (Å²) in [6, 6.07) is -0.167. The van der Waals surface area contributed by atoms with Gasteiger partial charge in [-0.15, -0.1) is 0 Å². The molecule has 1 N–H and O–H groups in total. The van der Waals surface area contributed by atoms with Gasteiger partial charge < -0.3 is 28.7 Å². The van der Waals surface area contributed by atoms with E-state index in [1.807, 2.05) is 39.5 Å². The predicted molar refractivity (Wildman–Crippen MR) is 155 cm³/mol. The van der Waals surface area contributed by atoms with Crippen LogP contribution in [0.1, 0.15) is 82.6 Å². The molecule has 3 heterocycles. The standard InChI is InChI=1S/C28H46N6O7/c1-25(2,3)39-22(35)31-21-29-19(33-14-13-17(15-33)32(12)23(36)40-26(4,5)6)18-20(30-21)34(28(10,11)16-38-18)24(37)41-27(7,8)9/h17H,13-16H2,1-12H3,(H,29,30,31,35)/t17-/m1/s1. The van der Waals surface area contributed by atoms with E-state index in [1.54, 1.807) is 53.5 Å². The first-order valence-corrected chi connectivity index (χ1v) is 13.9. The van der Waals surface area contributed by atoms with Crippen molar-refractivity contribution in [2.45, 2.75) is 111 Å². The summed E-state index contributed by atoms with van der Waals surface area (Å²) in [4.78, 5) is 53.0. The van der Waals surface area contributed by atoms with Gasteiger partial charge in [-0.25, -0.2) is 19.3 Å². The van der Waals surface area contributed by atoms with Crippen molar-refractivity contribution in [2.75, 3.05) is 41.9 Å². The summed E-state index contributed by atoms with van der Waals surface area (Å²) in [5.41, 5.74) is -2.95. The number of hydrogen-bond donors (Lipinski definition) is 1. The Morgan fingerprint density at radius 3 is 2.05 bits per heavy atom. The molecule has 1 saturated heterocycles. The predicted octanol–water partition coefficient (Wildman–Crippen LogP) is 5.18.